The molecule has 0 aromatic rings. The molecule has 2 fully saturated rings. The molecule has 2 rings (SSSR count). The molecule has 2 atom stereocenters. The van der Waals surface area contributed by atoms with E-state index in [4.69, 9.17) is 0 Å². The van der Waals surface area contributed by atoms with Gasteiger partial charge in [-0.25, -0.2) is 0 Å². The molecule has 0 aromatic carbocycles. The number of piperidine rings is 1. The number of nitrogens with zero attached hydrogens (tertiary/aromatic N) is 2. The predicted molar refractivity (Wildman–Crippen MR) is 80.0 cm³/mol. The zero-order chi connectivity index (χ0) is 15.8. The summed E-state index contributed by atoms with van der Waals surface area (Å²) in [5, 5.41) is 9.53. The number of carbonyl (C=O) groups is 1. The molecule has 2 aliphatic heterocycles. The fourth-order valence-corrected chi connectivity index (χ4v) is 5.25. The van der Waals surface area contributed by atoms with Crippen LogP contribution in [0.15, 0.2) is 0 Å². The Labute approximate surface area is 127 Å². The second-order valence-electron chi connectivity index (χ2n) is 6.81. The van der Waals surface area contributed by atoms with Crippen LogP contribution in [-0.2, 0) is 15.0 Å². The minimum atomic E-state index is -3.53. The van der Waals surface area contributed by atoms with Crippen LogP contribution in [0, 0.1) is 17.3 Å². The van der Waals surface area contributed by atoms with Crippen molar-refractivity contribution in [3.05, 3.63) is 0 Å². The summed E-state index contributed by atoms with van der Waals surface area (Å²) in [5.41, 5.74) is -0.950. The molecule has 0 spiro atoms. The van der Waals surface area contributed by atoms with Crippen LogP contribution in [0.3, 0.4) is 0 Å². The van der Waals surface area contributed by atoms with Crippen molar-refractivity contribution in [2.45, 2.75) is 40.0 Å². The van der Waals surface area contributed by atoms with Crippen molar-refractivity contribution < 1.29 is 18.3 Å². The Morgan fingerprint density at radius 2 is 1.95 bits per heavy atom. The van der Waals surface area contributed by atoms with Gasteiger partial charge in [-0.3, -0.25) is 4.79 Å². The van der Waals surface area contributed by atoms with Crippen LogP contribution in [0.5, 0.6) is 0 Å². The smallest absolute Gasteiger partial charge is 0.311 e. The first-order valence-corrected chi connectivity index (χ1v) is 9.08. The van der Waals surface area contributed by atoms with Crippen molar-refractivity contribution in [1.29, 1.82) is 0 Å². The Kier molecular flexibility index (Phi) is 4.66. The SMILES string of the molecule is CC1CCCN(S(=O)(=O)N2CCC(C(=O)O)(C(C)C)C2)C1. The molecule has 0 aliphatic carbocycles. The molecule has 0 radical (unpaired) electrons. The van der Waals surface area contributed by atoms with Gasteiger partial charge in [-0.05, 0) is 31.1 Å². The van der Waals surface area contributed by atoms with Gasteiger partial charge in [-0.1, -0.05) is 20.8 Å². The first-order valence-electron chi connectivity index (χ1n) is 7.69. The Bertz CT molecular complexity index is 505. The first kappa shape index (κ1) is 16.7. The number of carboxylic acid groups (broad SMARTS) is 1. The largest absolute Gasteiger partial charge is 0.481 e. The maximum Gasteiger partial charge on any atom is 0.311 e. The van der Waals surface area contributed by atoms with Crippen molar-refractivity contribution in [2.24, 2.45) is 17.3 Å². The molecule has 2 heterocycles. The van der Waals surface area contributed by atoms with Gasteiger partial charge in [0.2, 0.25) is 0 Å². The van der Waals surface area contributed by atoms with Crippen molar-refractivity contribution in [3.8, 4) is 0 Å². The third-order valence-corrected chi connectivity index (χ3v) is 7.02. The van der Waals surface area contributed by atoms with E-state index in [1.807, 2.05) is 13.8 Å². The maximum atomic E-state index is 12.7. The van der Waals surface area contributed by atoms with E-state index >= 15 is 0 Å². The highest BCUT2D eigenvalue weighted by Gasteiger charge is 2.51. The Balaban J connectivity index is 2.18. The molecule has 0 bridgehead atoms. The van der Waals surface area contributed by atoms with E-state index in [0.717, 1.165) is 12.8 Å². The molecular formula is C14H26N2O4S. The van der Waals surface area contributed by atoms with Crippen molar-refractivity contribution in [3.63, 3.8) is 0 Å². The summed E-state index contributed by atoms with van der Waals surface area (Å²) in [6, 6.07) is 0. The Hall–Kier alpha value is -0.660. The van der Waals surface area contributed by atoms with Crippen LogP contribution >= 0.6 is 0 Å². The zero-order valence-electron chi connectivity index (χ0n) is 13.1. The summed E-state index contributed by atoms with van der Waals surface area (Å²) in [6.45, 7) is 7.25. The van der Waals surface area contributed by atoms with E-state index < -0.39 is 21.6 Å². The normalized spacial score (nSPS) is 32.7. The van der Waals surface area contributed by atoms with Crippen LogP contribution in [0.1, 0.15) is 40.0 Å². The van der Waals surface area contributed by atoms with Gasteiger partial charge in [0, 0.05) is 26.2 Å². The van der Waals surface area contributed by atoms with E-state index in [9.17, 15) is 18.3 Å². The molecule has 0 amide bonds. The lowest BCUT2D eigenvalue weighted by Gasteiger charge is -2.34. The Morgan fingerprint density at radius 1 is 1.29 bits per heavy atom. The molecule has 1 N–H and O–H groups in total. The molecule has 2 unspecified atom stereocenters. The van der Waals surface area contributed by atoms with Crippen LogP contribution in [-0.4, -0.2) is 54.3 Å². The number of hydrogen-bond acceptors (Lipinski definition) is 3. The molecule has 122 valence electrons. The molecule has 0 aromatic heterocycles. The zero-order valence-corrected chi connectivity index (χ0v) is 13.9. The highest BCUT2D eigenvalue weighted by Crippen LogP contribution is 2.40. The van der Waals surface area contributed by atoms with Gasteiger partial charge in [-0.2, -0.15) is 17.0 Å². The van der Waals surface area contributed by atoms with E-state index in [1.165, 1.54) is 8.61 Å². The summed E-state index contributed by atoms with van der Waals surface area (Å²) in [6.07, 6.45) is 2.32. The van der Waals surface area contributed by atoms with Crippen LogP contribution in [0.4, 0.5) is 0 Å². The van der Waals surface area contributed by atoms with Gasteiger partial charge in [0.15, 0.2) is 0 Å². The van der Waals surface area contributed by atoms with Crippen molar-refractivity contribution >= 4 is 16.2 Å². The molecule has 2 saturated heterocycles. The Morgan fingerprint density at radius 3 is 2.43 bits per heavy atom. The first-order chi connectivity index (χ1) is 9.70. The van der Waals surface area contributed by atoms with E-state index in [1.54, 1.807) is 0 Å². The lowest BCUT2D eigenvalue weighted by Crippen LogP contribution is -2.48. The highest BCUT2D eigenvalue weighted by molar-refractivity contribution is 7.86. The number of hydrogen-bond donors (Lipinski definition) is 1. The minimum Gasteiger partial charge on any atom is -0.481 e. The molecule has 6 nitrogen and oxygen atoms in total. The second kappa shape index (κ2) is 5.85. The van der Waals surface area contributed by atoms with Gasteiger partial charge in [0.25, 0.3) is 10.2 Å². The van der Waals surface area contributed by atoms with Gasteiger partial charge < -0.3 is 5.11 Å². The molecular weight excluding hydrogens is 292 g/mol. The lowest BCUT2D eigenvalue weighted by molar-refractivity contribution is -0.150. The molecule has 7 heteroatoms. The van der Waals surface area contributed by atoms with Gasteiger partial charge in [0.05, 0.1) is 5.41 Å². The summed E-state index contributed by atoms with van der Waals surface area (Å²) in [5.74, 6) is -0.608. The maximum absolute atomic E-state index is 12.7. The van der Waals surface area contributed by atoms with Gasteiger partial charge in [-0.15, -0.1) is 0 Å². The second-order valence-corrected chi connectivity index (χ2v) is 8.74. The number of rotatable bonds is 4. The average molecular weight is 318 g/mol. The van der Waals surface area contributed by atoms with Crippen LogP contribution in [0.25, 0.3) is 0 Å². The van der Waals surface area contributed by atoms with Gasteiger partial charge in [0.1, 0.15) is 0 Å². The molecule has 21 heavy (non-hydrogen) atoms. The van der Waals surface area contributed by atoms with Crippen molar-refractivity contribution in [1.82, 2.24) is 8.61 Å². The third-order valence-electron chi connectivity index (χ3n) is 5.07. The fraction of sp³-hybridized carbons (Fsp3) is 0.929. The average Bonchev–Trinajstić information content (AvgIpc) is 2.85. The topological polar surface area (TPSA) is 77.9 Å². The number of aliphatic carboxylic acids is 1. The monoisotopic (exact) mass is 318 g/mol. The molecule has 2 aliphatic rings. The minimum absolute atomic E-state index is 0.0875. The summed E-state index contributed by atoms with van der Waals surface area (Å²) < 4.78 is 28.4. The molecule has 0 saturated carbocycles. The quantitative estimate of drug-likeness (QED) is 0.850. The summed E-state index contributed by atoms with van der Waals surface area (Å²) in [7, 11) is -3.53. The number of carboxylic acids is 1. The lowest BCUT2D eigenvalue weighted by atomic mass is 9.77. The van der Waals surface area contributed by atoms with E-state index in [2.05, 4.69) is 6.92 Å². The van der Waals surface area contributed by atoms with Crippen LogP contribution < -0.4 is 0 Å². The van der Waals surface area contributed by atoms with Gasteiger partial charge >= 0.3 is 5.97 Å². The fourth-order valence-electron chi connectivity index (χ4n) is 3.41. The third kappa shape index (κ3) is 2.96. The standard InChI is InChI=1S/C14H26N2O4S/c1-11(2)14(13(17)18)6-8-16(10-14)21(19,20)15-7-4-5-12(3)9-15/h11-12H,4-10H2,1-3H3,(H,17,18). The summed E-state index contributed by atoms with van der Waals surface area (Å²) in [4.78, 5) is 11.6. The van der Waals surface area contributed by atoms with Crippen molar-refractivity contribution in [2.75, 3.05) is 26.2 Å². The summed E-state index contributed by atoms with van der Waals surface area (Å²) >= 11 is 0. The predicted octanol–water partition coefficient (Wildman–Crippen LogP) is 1.40. The highest BCUT2D eigenvalue weighted by atomic mass is 32.2. The van der Waals surface area contributed by atoms with Crippen LogP contribution in [0.2, 0.25) is 0 Å². The van der Waals surface area contributed by atoms with E-state index in [-0.39, 0.29) is 12.5 Å². The van der Waals surface area contributed by atoms with E-state index in [0.29, 0.717) is 32.0 Å².